The molecule has 1 aromatic rings. The van der Waals surface area contributed by atoms with Crippen molar-refractivity contribution in [3.63, 3.8) is 0 Å². The molecule has 4 nitrogen and oxygen atoms in total. The van der Waals surface area contributed by atoms with Gasteiger partial charge in [-0.15, -0.1) is 0 Å². The summed E-state index contributed by atoms with van der Waals surface area (Å²) in [6.07, 6.45) is 0.121. The van der Waals surface area contributed by atoms with Crippen molar-refractivity contribution in [1.29, 1.82) is 10.5 Å². The zero-order valence-electron chi connectivity index (χ0n) is 8.85. The molecule has 1 aliphatic heterocycles. The molecule has 1 atom stereocenters. The van der Waals surface area contributed by atoms with Gasteiger partial charge in [-0.05, 0) is 18.2 Å². The van der Waals surface area contributed by atoms with E-state index in [9.17, 15) is 9.18 Å². The summed E-state index contributed by atoms with van der Waals surface area (Å²) < 4.78 is 13.7. The maximum atomic E-state index is 13.7. The SMILES string of the molecule is N#Cc1ccc(N2CC(C#N)CC2=O)c(F)c1. The van der Waals surface area contributed by atoms with Crippen LogP contribution in [0, 0.1) is 34.4 Å². The van der Waals surface area contributed by atoms with Gasteiger partial charge in [0, 0.05) is 13.0 Å². The second-order valence-corrected chi connectivity index (χ2v) is 3.81. The van der Waals surface area contributed by atoms with Crippen LogP contribution < -0.4 is 4.90 Å². The van der Waals surface area contributed by atoms with E-state index in [0.29, 0.717) is 0 Å². The molecule has 1 saturated heterocycles. The summed E-state index contributed by atoms with van der Waals surface area (Å²) in [6.45, 7) is 0.207. The van der Waals surface area contributed by atoms with Gasteiger partial charge in [0.05, 0.1) is 29.3 Å². The Labute approximate surface area is 97.5 Å². The van der Waals surface area contributed by atoms with Crippen LogP contribution in [0.15, 0.2) is 18.2 Å². The predicted octanol–water partition coefficient (Wildman–Crippen LogP) is 1.57. The number of anilines is 1. The van der Waals surface area contributed by atoms with E-state index in [1.807, 2.05) is 12.1 Å². The highest BCUT2D eigenvalue weighted by Gasteiger charge is 2.31. The van der Waals surface area contributed by atoms with Crippen LogP contribution in [0.25, 0.3) is 0 Å². The lowest BCUT2D eigenvalue weighted by atomic mass is 10.1. The second-order valence-electron chi connectivity index (χ2n) is 3.81. The fourth-order valence-electron chi connectivity index (χ4n) is 1.82. The summed E-state index contributed by atoms with van der Waals surface area (Å²) in [5.74, 6) is -1.27. The van der Waals surface area contributed by atoms with E-state index in [4.69, 9.17) is 10.5 Å². The number of hydrogen-bond acceptors (Lipinski definition) is 3. The minimum atomic E-state index is -0.615. The highest BCUT2D eigenvalue weighted by atomic mass is 19.1. The molecule has 0 aromatic heterocycles. The number of hydrogen-bond donors (Lipinski definition) is 0. The fraction of sp³-hybridized carbons (Fsp3) is 0.250. The van der Waals surface area contributed by atoms with Gasteiger partial charge in [-0.25, -0.2) is 4.39 Å². The average molecular weight is 229 g/mol. The molecule has 2 rings (SSSR count). The molecule has 1 amide bonds. The predicted molar refractivity (Wildman–Crippen MR) is 57.2 cm³/mol. The standard InChI is InChI=1S/C12H8FN3O/c13-10-3-8(5-14)1-2-11(10)16-7-9(6-15)4-12(16)17/h1-3,9H,4,7H2. The molecule has 1 fully saturated rings. The number of carbonyl (C=O) groups excluding carboxylic acids is 1. The Bertz CT molecular complexity index is 556. The number of carbonyl (C=O) groups is 1. The van der Waals surface area contributed by atoms with Crippen LogP contribution in [-0.2, 0) is 4.79 Å². The first-order valence-corrected chi connectivity index (χ1v) is 5.05. The number of halogens is 1. The molecule has 0 N–H and O–H groups in total. The number of nitriles is 2. The molecule has 1 unspecified atom stereocenters. The van der Waals surface area contributed by atoms with Crippen molar-refractivity contribution in [2.45, 2.75) is 6.42 Å². The van der Waals surface area contributed by atoms with Gasteiger partial charge in [-0.1, -0.05) is 0 Å². The lowest BCUT2D eigenvalue weighted by molar-refractivity contribution is -0.117. The maximum Gasteiger partial charge on any atom is 0.228 e. The summed E-state index contributed by atoms with van der Waals surface area (Å²) in [5, 5.41) is 17.3. The first-order chi connectivity index (χ1) is 8.15. The highest BCUT2D eigenvalue weighted by molar-refractivity contribution is 5.96. The number of benzene rings is 1. The molecule has 0 aliphatic carbocycles. The first kappa shape index (κ1) is 11.1. The molecule has 1 aromatic carbocycles. The van der Waals surface area contributed by atoms with E-state index < -0.39 is 11.7 Å². The van der Waals surface area contributed by atoms with Gasteiger partial charge >= 0.3 is 0 Å². The summed E-state index contributed by atoms with van der Waals surface area (Å²) >= 11 is 0. The fourth-order valence-corrected chi connectivity index (χ4v) is 1.82. The van der Waals surface area contributed by atoms with E-state index in [1.54, 1.807) is 0 Å². The summed E-state index contributed by atoms with van der Waals surface area (Å²) in [5.41, 5.74) is 0.335. The van der Waals surface area contributed by atoms with E-state index in [2.05, 4.69) is 0 Å². The van der Waals surface area contributed by atoms with Crippen LogP contribution in [0.1, 0.15) is 12.0 Å². The zero-order chi connectivity index (χ0) is 12.4. The van der Waals surface area contributed by atoms with Gasteiger partial charge in [-0.3, -0.25) is 4.79 Å². The van der Waals surface area contributed by atoms with Gasteiger partial charge < -0.3 is 4.90 Å². The molecule has 5 heteroatoms. The average Bonchev–Trinajstić information content (AvgIpc) is 2.70. The minimum absolute atomic E-state index is 0.121. The monoisotopic (exact) mass is 229 g/mol. The van der Waals surface area contributed by atoms with Gasteiger partial charge in [0.25, 0.3) is 0 Å². The molecule has 0 radical (unpaired) electrons. The Morgan fingerprint density at radius 2 is 2.18 bits per heavy atom. The number of rotatable bonds is 1. The molecule has 84 valence electrons. The molecule has 0 spiro atoms. The molecular formula is C12H8FN3O. The lowest BCUT2D eigenvalue weighted by Gasteiger charge is -2.16. The Balaban J connectivity index is 2.33. The third-order valence-corrected chi connectivity index (χ3v) is 2.68. The Kier molecular flexibility index (Phi) is 2.76. The van der Waals surface area contributed by atoms with Gasteiger partial charge in [0.2, 0.25) is 5.91 Å². The van der Waals surface area contributed by atoms with E-state index in [1.165, 1.54) is 17.0 Å². The first-order valence-electron chi connectivity index (χ1n) is 5.05. The van der Waals surface area contributed by atoms with Crippen molar-refractivity contribution in [3.05, 3.63) is 29.6 Å². The summed E-state index contributed by atoms with van der Waals surface area (Å²) in [7, 11) is 0. The minimum Gasteiger partial charge on any atom is -0.308 e. The van der Waals surface area contributed by atoms with Crippen LogP contribution in [0.4, 0.5) is 10.1 Å². The van der Waals surface area contributed by atoms with E-state index >= 15 is 0 Å². The van der Waals surface area contributed by atoms with Crippen molar-refractivity contribution >= 4 is 11.6 Å². The van der Waals surface area contributed by atoms with E-state index in [0.717, 1.165) is 6.07 Å². The van der Waals surface area contributed by atoms with Crippen LogP contribution in [0.2, 0.25) is 0 Å². The number of amides is 1. The molecule has 1 aliphatic rings. The van der Waals surface area contributed by atoms with Crippen LogP contribution >= 0.6 is 0 Å². The smallest absolute Gasteiger partial charge is 0.228 e. The third-order valence-electron chi connectivity index (χ3n) is 2.68. The molecule has 17 heavy (non-hydrogen) atoms. The van der Waals surface area contributed by atoms with Crippen LogP contribution in [-0.4, -0.2) is 12.5 Å². The Morgan fingerprint density at radius 3 is 2.71 bits per heavy atom. The molecule has 0 saturated carbocycles. The Morgan fingerprint density at radius 1 is 1.41 bits per heavy atom. The van der Waals surface area contributed by atoms with Gasteiger partial charge in [0.15, 0.2) is 0 Å². The number of nitrogens with zero attached hydrogens (tertiary/aromatic N) is 3. The van der Waals surface area contributed by atoms with E-state index in [-0.39, 0.29) is 30.1 Å². The van der Waals surface area contributed by atoms with Crippen LogP contribution in [0.5, 0.6) is 0 Å². The Hall–Kier alpha value is -2.40. The van der Waals surface area contributed by atoms with Gasteiger partial charge in [0.1, 0.15) is 5.82 Å². The lowest BCUT2D eigenvalue weighted by Crippen LogP contribution is -2.25. The zero-order valence-corrected chi connectivity index (χ0v) is 8.85. The van der Waals surface area contributed by atoms with Crippen molar-refractivity contribution in [3.8, 4) is 12.1 Å². The molecule has 0 bridgehead atoms. The van der Waals surface area contributed by atoms with Gasteiger partial charge in [-0.2, -0.15) is 10.5 Å². The third kappa shape index (κ3) is 1.95. The topological polar surface area (TPSA) is 67.9 Å². The summed E-state index contributed by atoms with van der Waals surface area (Å²) in [4.78, 5) is 12.8. The normalized spacial score (nSPS) is 18.9. The van der Waals surface area contributed by atoms with Crippen molar-refractivity contribution < 1.29 is 9.18 Å². The molecule has 1 heterocycles. The van der Waals surface area contributed by atoms with Crippen molar-refractivity contribution in [1.82, 2.24) is 0 Å². The quantitative estimate of drug-likeness (QED) is 0.734. The van der Waals surface area contributed by atoms with Crippen molar-refractivity contribution in [2.24, 2.45) is 5.92 Å². The second kappa shape index (κ2) is 4.23. The highest BCUT2D eigenvalue weighted by Crippen LogP contribution is 2.27. The molecular weight excluding hydrogens is 221 g/mol. The van der Waals surface area contributed by atoms with Crippen molar-refractivity contribution in [2.75, 3.05) is 11.4 Å². The summed E-state index contributed by atoms with van der Waals surface area (Å²) in [6, 6.07) is 7.75. The maximum absolute atomic E-state index is 13.7. The largest absolute Gasteiger partial charge is 0.308 e. The van der Waals surface area contributed by atoms with Crippen LogP contribution in [0.3, 0.4) is 0 Å².